The summed E-state index contributed by atoms with van der Waals surface area (Å²) >= 11 is 0. The maximum atomic E-state index is 10.8. The zero-order valence-electron chi connectivity index (χ0n) is 15.1. The molecule has 0 spiro atoms. The van der Waals surface area contributed by atoms with Crippen LogP contribution in [0, 0.1) is 0 Å². The van der Waals surface area contributed by atoms with Gasteiger partial charge in [0.05, 0.1) is 5.56 Å². The normalized spacial score (nSPS) is 12.7. The number of aldehydes is 1. The van der Waals surface area contributed by atoms with Crippen molar-refractivity contribution >= 4 is 12.3 Å². The average molecular weight is 323 g/mol. The molecule has 0 aliphatic heterocycles. The van der Waals surface area contributed by atoms with Gasteiger partial charge in [-0.25, -0.2) is 0 Å². The van der Waals surface area contributed by atoms with Gasteiger partial charge in [0.25, 0.3) is 0 Å². The number of aromatic hydroxyl groups is 1. The van der Waals surface area contributed by atoms with Crippen LogP contribution in [0.3, 0.4) is 0 Å². The first-order valence-corrected chi connectivity index (χ1v) is 7.55. The summed E-state index contributed by atoms with van der Waals surface area (Å²) in [5.41, 5.74) is 5.86. The highest BCUT2D eigenvalue weighted by Gasteiger charge is 2.19. The summed E-state index contributed by atoms with van der Waals surface area (Å²) in [6.07, 6.45) is 0.671. The van der Waals surface area contributed by atoms with Crippen LogP contribution in [0.25, 0.3) is 0 Å². The van der Waals surface area contributed by atoms with Crippen molar-refractivity contribution in [1.29, 1.82) is 0 Å². The number of esters is 1. The predicted octanol–water partition coefficient (Wildman–Crippen LogP) is 3.18. The Bertz CT molecular complexity index is 537. The van der Waals surface area contributed by atoms with E-state index < -0.39 is 11.6 Å². The summed E-state index contributed by atoms with van der Waals surface area (Å²) in [5, 5.41) is 9.69. The molecule has 0 unspecified atom stereocenters. The quantitative estimate of drug-likeness (QED) is 0.644. The van der Waals surface area contributed by atoms with Crippen molar-refractivity contribution in [3.63, 3.8) is 0 Å². The Hall–Kier alpha value is -1.88. The van der Waals surface area contributed by atoms with E-state index in [0.29, 0.717) is 11.8 Å². The Morgan fingerprint density at radius 2 is 1.74 bits per heavy atom. The number of carbonyl (C=O) groups excluding carboxylic acids is 2. The molecule has 3 N–H and O–H groups in total. The van der Waals surface area contributed by atoms with E-state index in [1.165, 1.54) is 0 Å². The van der Waals surface area contributed by atoms with Gasteiger partial charge in [0, 0.05) is 0 Å². The number of hydrogen-bond acceptors (Lipinski definition) is 5. The number of phenolic OH excluding ortho intramolecular Hbond substituents is 1. The lowest BCUT2D eigenvalue weighted by molar-refractivity contribution is -0.155. The number of carbonyl (C=O) groups is 2. The van der Waals surface area contributed by atoms with Crippen molar-refractivity contribution in [3.8, 4) is 5.75 Å². The Morgan fingerprint density at radius 3 is 2.04 bits per heavy atom. The SMILES string of the molecule is CC(C)(C)c1cccc(C=O)c1O.C[C@@H](N)C(=O)OC(C)(C)C. The van der Waals surface area contributed by atoms with E-state index in [0.717, 1.165) is 5.56 Å². The second-order valence-electron chi connectivity index (χ2n) is 7.43. The molecule has 0 saturated carbocycles. The number of phenols is 1. The Kier molecular flexibility index (Phi) is 7.44. The fourth-order valence-corrected chi connectivity index (χ4v) is 1.66. The molecule has 0 saturated heterocycles. The van der Waals surface area contributed by atoms with E-state index in [2.05, 4.69) is 0 Å². The molecule has 1 rings (SSSR count). The minimum atomic E-state index is -0.528. The van der Waals surface area contributed by atoms with Gasteiger partial charge in [0.1, 0.15) is 17.4 Å². The van der Waals surface area contributed by atoms with Crippen molar-refractivity contribution in [3.05, 3.63) is 29.3 Å². The largest absolute Gasteiger partial charge is 0.507 e. The van der Waals surface area contributed by atoms with Crippen LogP contribution in [0.15, 0.2) is 18.2 Å². The lowest BCUT2D eigenvalue weighted by Gasteiger charge is -2.20. The fourth-order valence-electron chi connectivity index (χ4n) is 1.66. The first-order chi connectivity index (χ1) is 10.3. The summed E-state index contributed by atoms with van der Waals surface area (Å²) in [6, 6.07) is 4.70. The van der Waals surface area contributed by atoms with Crippen molar-refractivity contribution in [2.24, 2.45) is 5.73 Å². The van der Waals surface area contributed by atoms with Crippen LogP contribution in [0.4, 0.5) is 0 Å². The minimum absolute atomic E-state index is 0.102. The van der Waals surface area contributed by atoms with Crippen LogP contribution in [-0.4, -0.2) is 29.0 Å². The fraction of sp³-hybridized carbons (Fsp3) is 0.556. The molecule has 23 heavy (non-hydrogen) atoms. The average Bonchev–Trinajstić information content (AvgIpc) is 2.36. The monoisotopic (exact) mass is 323 g/mol. The molecule has 0 aliphatic rings. The van der Waals surface area contributed by atoms with Crippen LogP contribution in [0.5, 0.6) is 5.75 Å². The molecule has 130 valence electrons. The lowest BCUT2D eigenvalue weighted by Crippen LogP contribution is -2.35. The van der Waals surface area contributed by atoms with Gasteiger partial charge in [0.15, 0.2) is 6.29 Å². The highest BCUT2D eigenvalue weighted by Crippen LogP contribution is 2.32. The number of ether oxygens (including phenoxy) is 1. The van der Waals surface area contributed by atoms with Gasteiger partial charge in [-0.1, -0.05) is 32.9 Å². The zero-order valence-corrected chi connectivity index (χ0v) is 15.1. The summed E-state index contributed by atoms with van der Waals surface area (Å²) in [5.74, 6) is -0.252. The molecule has 0 aliphatic carbocycles. The Labute approximate surface area is 138 Å². The molecule has 0 heterocycles. The highest BCUT2D eigenvalue weighted by molar-refractivity contribution is 5.80. The molecule has 5 heteroatoms. The summed E-state index contributed by atoms with van der Waals surface area (Å²) in [6.45, 7) is 13.0. The maximum absolute atomic E-state index is 10.8. The second kappa shape index (κ2) is 8.11. The Balaban J connectivity index is 0.000000438. The highest BCUT2D eigenvalue weighted by atomic mass is 16.6. The van der Waals surface area contributed by atoms with Crippen molar-refractivity contribution < 1.29 is 19.4 Å². The van der Waals surface area contributed by atoms with Gasteiger partial charge in [-0.2, -0.15) is 0 Å². The smallest absolute Gasteiger partial charge is 0.323 e. The number of benzene rings is 1. The third-order valence-corrected chi connectivity index (χ3v) is 2.78. The minimum Gasteiger partial charge on any atom is -0.507 e. The van der Waals surface area contributed by atoms with Gasteiger partial charge in [-0.05, 0) is 44.7 Å². The van der Waals surface area contributed by atoms with Gasteiger partial charge in [-0.3, -0.25) is 9.59 Å². The van der Waals surface area contributed by atoms with E-state index in [4.69, 9.17) is 10.5 Å². The van der Waals surface area contributed by atoms with Crippen molar-refractivity contribution in [1.82, 2.24) is 0 Å². The van der Waals surface area contributed by atoms with Gasteiger partial charge in [0.2, 0.25) is 0 Å². The predicted molar refractivity (Wildman–Crippen MR) is 91.7 cm³/mol. The van der Waals surface area contributed by atoms with E-state index in [1.54, 1.807) is 19.1 Å². The lowest BCUT2D eigenvalue weighted by atomic mass is 9.85. The number of nitrogens with two attached hydrogens (primary N) is 1. The summed E-state index contributed by atoms with van der Waals surface area (Å²) in [7, 11) is 0. The third kappa shape index (κ3) is 7.79. The van der Waals surface area contributed by atoms with Gasteiger partial charge < -0.3 is 15.6 Å². The van der Waals surface area contributed by atoms with E-state index >= 15 is 0 Å². The third-order valence-electron chi connectivity index (χ3n) is 2.78. The first-order valence-electron chi connectivity index (χ1n) is 7.55. The first kappa shape index (κ1) is 21.1. The molecule has 1 aromatic rings. The van der Waals surface area contributed by atoms with Crippen LogP contribution in [0.1, 0.15) is 64.4 Å². The number of hydrogen-bond donors (Lipinski definition) is 2. The molecule has 0 aromatic heterocycles. The Morgan fingerprint density at radius 1 is 1.22 bits per heavy atom. The van der Waals surface area contributed by atoms with Crippen molar-refractivity contribution in [2.75, 3.05) is 0 Å². The van der Waals surface area contributed by atoms with Gasteiger partial charge >= 0.3 is 5.97 Å². The second-order valence-corrected chi connectivity index (χ2v) is 7.43. The standard InChI is InChI=1S/C11H14O2.C7H15NO2/c1-11(2,3)9-6-4-5-8(7-12)10(9)13;1-5(8)6(9)10-7(2,3)4/h4-7,13H,1-3H3;5H,8H2,1-4H3/t;5-/m.1/s1. The molecular formula is C18H29NO4. The van der Waals surface area contributed by atoms with E-state index in [-0.39, 0.29) is 17.1 Å². The van der Waals surface area contributed by atoms with Crippen LogP contribution >= 0.6 is 0 Å². The summed E-state index contributed by atoms with van der Waals surface area (Å²) < 4.78 is 4.94. The topological polar surface area (TPSA) is 89.6 Å². The maximum Gasteiger partial charge on any atom is 0.323 e. The number of rotatable bonds is 2. The number of para-hydroxylation sites is 1. The molecule has 0 radical (unpaired) electrons. The van der Waals surface area contributed by atoms with Crippen LogP contribution < -0.4 is 5.73 Å². The van der Waals surface area contributed by atoms with E-state index in [9.17, 15) is 14.7 Å². The molecule has 5 nitrogen and oxygen atoms in total. The van der Waals surface area contributed by atoms with Crippen LogP contribution in [0.2, 0.25) is 0 Å². The zero-order chi connectivity index (χ0) is 18.4. The van der Waals surface area contributed by atoms with Crippen molar-refractivity contribution in [2.45, 2.75) is 65.5 Å². The summed E-state index contributed by atoms with van der Waals surface area (Å²) in [4.78, 5) is 21.4. The van der Waals surface area contributed by atoms with Gasteiger partial charge in [-0.15, -0.1) is 0 Å². The molecule has 1 aromatic carbocycles. The molecule has 0 fully saturated rings. The molecular weight excluding hydrogens is 294 g/mol. The molecule has 0 bridgehead atoms. The molecule has 1 atom stereocenters. The van der Waals surface area contributed by atoms with E-state index in [1.807, 2.05) is 47.6 Å². The van der Waals surface area contributed by atoms with Crippen LogP contribution in [-0.2, 0) is 14.9 Å². The molecule has 0 amide bonds.